The summed E-state index contributed by atoms with van der Waals surface area (Å²) < 4.78 is 7.27. The van der Waals surface area contributed by atoms with Gasteiger partial charge in [0.15, 0.2) is 0 Å². The number of hydrogen-bond donors (Lipinski definition) is 2. The van der Waals surface area contributed by atoms with Gasteiger partial charge in [0.2, 0.25) is 0 Å². The highest BCUT2D eigenvalue weighted by molar-refractivity contribution is 6.34. The van der Waals surface area contributed by atoms with Crippen LogP contribution in [0.2, 0.25) is 5.15 Å². The molecule has 8 atom stereocenters. The Hall–Kier alpha value is -1.47. The lowest BCUT2D eigenvalue weighted by Crippen LogP contribution is -2.68. The van der Waals surface area contributed by atoms with Gasteiger partial charge in [0.05, 0.1) is 22.2 Å². The van der Waals surface area contributed by atoms with Crippen LogP contribution in [0, 0.1) is 11.3 Å². The van der Waals surface area contributed by atoms with Gasteiger partial charge in [0.25, 0.3) is 0 Å². The SMILES string of the molecule is CN(C)[C@H]1C[C@@]23CC[C@]4(O2)C2CC=C(c5ccc6ccnc(Cl)c6c5)[C@@]2(C)CCC4(Cl)C=C3[C@@H](O)[C@@H]1O. The minimum atomic E-state index is -0.964. The molecule has 1 saturated heterocycles. The monoisotopic (exact) mass is 540 g/mol. The average Bonchev–Trinajstić information content (AvgIpc) is 3.40. The van der Waals surface area contributed by atoms with Crippen molar-refractivity contribution < 1.29 is 14.9 Å². The number of pyridine rings is 1. The molecule has 3 fully saturated rings. The van der Waals surface area contributed by atoms with Gasteiger partial charge in [-0.3, -0.25) is 0 Å². The summed E-state index contributed by atoms with van der Waals surface area (Å²) in [6.07, 6.45) is 9.36. The maximum absolute atomic E-state index is 11.2. The maximum atomic E-state index is 11.2. The number of hydrogen-bond acceptors (Lipinski definition) is 5. The van der Waals surface area contributed by atoms with Gasteiger partial charge in [0, 0.05) is 23.5 Å². The number of halogens is 2. The molecule has 196 valence electrons. The molecule has 7 heteroatoms. The zero-order valence-electron chi connectivity index (χ0n) is 21.5. The van der Waals surface area contributed by atoms with Gasteiger partial charge in [-0.25, -0.2) is 4.98 Å². The summed E-state index contributed by atoms with van der Waals surface area (Å²) in [5.74, 6) is 0.222. The van der Waals surface area contributed by atoms with Gasteiger partial charge in [-0.1, -0.05) is 42.8 Å². The Kier molecular flexibility index (Phi) is 5.18. The number of nitrogens with zero attached hydrogens (tertiary/aromatic N) is 2. The molecule has 2 N–H and O–H groups in total. The van der Waals surface area contributed by atoms with E-state index in [-0.39, 0.29) is 17.4 Å². The second-order valence-corrected chi connectivity index (χ2v) is 13.5. The number of likely N-dealkylation sites (N-methyl/N-ethyl adjacent to an activating group) is 1. The van der Waals surface area contributed by atoms with Crippen molar-refractivity contribution in [2.45, 2.75) is 79.8 Å². The fraction of sp³-hybridized carbons (Fsp3) is 0.567. The van der Waals surface area contributed by atoms with Crippen molar-refractivity contribution in [1.82, 2.24) is 9.88 Å². The molecule has 37 heavy (non-hydrogen) atoms. The number of allylic oxidation sites excluding steroid dienone is 2. The van der Waals surface area contributed by atoms with E-state index in [1.165, 1.54) is 11.1 Å². The molecule has 3 aliphatic carbocycles. The summed E-state index contributed by atoms with van der Waals surface area (Å²) in [6, 6.07) is 8.34. The molecule has 5 aliphatic rings. The number of ether oxygens (including phenoxy) is 1. The smallest absolute Gasteiger partial charge is 0.136 e. The molecule has 0 amide bonds. The summed E-state index contributed by atoms with van der Waals surface area (Å²) in [7, 11) is 3.92. The van der Waals surface area contributed by atoms with E-state index in [0.29, 0.717) is 11.6 Å². The first-order chi connectivity index (χ1) is 17.5. The molecule has 2 aromatic rings. The summed E-state index contributed by atoms with van der Waals surface area (Å²) in [5, 5.41) is 24.8. The van der Waals surface area contributed by atoms with Crippen molar-refractivity contribution in [2.24, 2.45) is 11.3 Å². The van der Waals surface area contributed by atoms with Gasteiger partial charge in [0.1, 0.15) is 11.3 Å². The molecule has 1 aromatic heterocycles. The molecular weight excluding hydrogens is 507 g/mol. The molecule has 0 radical (unpaired) electrons. The number of benzene rings is 1. The third-order valence-electron chi connectivity index (χ3n) is 10.7. The predicted molar refractivity (Wildman–Crippen MR) is 147 cm³/mol. The number of aromatic nitrogens is 1. The minimum Gasteiger partial charge on any atom is -0.388 e. The Morgan fingerprint density at radius 3 is 2.70 bits per heavy atom. The molecule has 3 heterocycles. The number of alkyl halides is 1. The van der Waals surface area contributed by atoms with E-state index in [1.54, 1.807) is 6.20 Å². The highest BCUT2D eigenvalue weighted by atomic mass is 35.5. The maximum Gasteiger partial charge on any atom is 0.136 e. The van der Waals surface area contributed by atoms with E-state index in [2.05, 4.69) is 42.3 Å². The van der Waals surface area contributed by atoms with Crippen LogP contribution in [-0.4, -0.2) is 68.5 Å². The van der Waals surface area contributed by atoms with Gasteiger partial charge in [-0.15, -0.1) is 11.6 Å². The molecule has 2 spiro atoms. The van der Waals surface area contributed by atoms with Crippen LogP contribution in [0.5, 0.6) is 0 Å². The fourth-order valence-electron chi connectivity index (χ4n) is 8.73. The lowest BCUT2D eigenvalue weighted by Gasteiger charge is -2.61. The van der Waals surface area contributed by atoms with E-state index in [9.17, 15) is 10.2 Å². The second kappa shape index (κ2) is 7.80. The predicted octanol–water partition coefficient (Wildman–Crippen LogP) is 5.35. The fourth-order valence-corrected chi connectivity index (χ4v) is 9.43. The van der Waals surface area contributed by atoms with E-state index in [4.69, 9.17) is 27.9 Å². The second-order valence-electron chi connectivity index (χ2n) is 12.5. The molecule has 2 aliphatic heterocycles. The first-order valence-electron chi connectivity index (χ1n) is 13.4. The number of fused-ring (bicyclic) bond motifs is 2. The molecule has 2 unspecified atom stereocenters. The van der Waals surface area contributed by atoms with Crippen LogP contribution in [0.25, 0.3) is 16.3 Å². The first-order valence-corrected chi connectivity index (χ1v) is 14.2. The molecular formula is C30H34Cl2N2O3. The molecule has 2 saturated carbocycles. The first kappa shape index (κ1) is 24.6. The quantitative estimate of drug-likeness (QED) is 0.305. The largest absolute Gasteiger partial charge is 0.388 e. The van der Waals surface area contributed by atoms with E-state index in [0.717, 1.165) is 48.4 Å². The van der Waals surface area contributed by atoms with Crippen molar-refractivity contribution in [2.75, 3.05) is 14.1 Å². The molecule has 5 nitrogen and oxygen atoms in total. The molecule has 2 bridgehead atoms. The molecule has 7 rings (SSSR count). The van der Waals surface area contributed by atoms with Crippen molar-refractivity contribution in [1.29, 1.82) is 0 Å². The molecule has 1 aromatic carbocycles. The lowest BCUT2D eigenvalue weighted by molar-refractivity contribution is -0.199. The number of rotatable bonds is 2. The van der Waals surface area contributed by atoms with E-state index >= 15 is 0 Å². The number of aliphatic hydroxyl groups is 2. The van der Waals surface area contributed by atoms with Crippen LogP contribution in [0.15, 0.2) is 48.2 Å². The Balaban J connectivity index is 1.30. The number of aliphatic hydroxyl groups excluding tert-OH is 2. The van der Waals surface area contributed by atoms with Gasteiger partial charge in [-0.2, -0.15) is 0 Å². The van der Waals surface area contributed by atoms with Gasteiger partial charge >= 0.3 is 0 Å². The third kappa shape index (κ3) is 3.05. The Bertz CT molecular complexity index is 1380. The standard InChI is InChI=1S/C30H34Cl2N2O3/c1-27-9-11-29(32)15-21-24(35)25(36)22(34(2)3)16-28(21)10-12-30(29,37-28)23(27)7-6-20(27)18-5-4-17-8-13-33-26(31)19(17)14-18/h4-6,8,13-15,22-25,35-36H,7,9-12,16H2,1-3H3/t22-,23?,24+,25+,27+,28+,29?,30-/m0/s1. The van der Waals surface area contributed by atoms with Crippen LogP contribution < -0.4 is 0 Å². The summed E-state index contributed by atoms with van der Waals surface area (Å²) >= 11 is 14.0. The van der Waals surface area contributed by atoms with Crippen LogP contribution in [-0.2, 0) is 4.74 Å². The minimum absolute atomic E-state index is 0.0919. The van der Waals surface area contributed by atoms with Crippen molar-refractivity contribution in [3.8, 4) is 0 Å². The highest BCUT2D eigenvalue weighted by Crippen LogP contribution is 2.71. The van der Waals surface area contributed by atoms with Crippen LogP contribution in [0.3, 0.4) is 0 Å². The summed E-state index contributed by atoms with van der Waals surface area (Å²) in [5.41, 5.74) is 2.15. The average molecular weight is 542 g/mol. The topological polar surface area (TPSA) is 65.8 Å². The van der Waals surface area contributed by atoms with E-state index < -0.39 is 28.3 Å². The summed E-state index contributed by atoms with van der Waals surface area (Å²) in [6.45, 7) is 2.38. The van der Waals surface area contributed by atoms with Crippen LogP contribution >= 0.6 is 23.2 Å². The zero-order valence-corrected chi connectivity index (χ0v) is 23.1. The van der Waals surface area contributed by atoms with Crippen LogP contribution in [0.4, 0.5) is 0 Å². The summed E-state index contributed by atoms with van der Waals surface area (Å²) in [4.78, 5) is 5.61. The normalized spacial score (nSPS) is 44.3. The Labute approximate surface area is 228 Å². The van der Waals surface area contributed by atoms with Gasteiger partial charge in [-0.05, 0) is 92.3 Å². The van der Waals surface area contributed by atoms with Crippen LogP contribution in [0.1, 0.15) is 51.0 Å². The van der Waals surface area contributed by atoms with Crippen molar-refractivity contribution >= 4 is 39.5 Å². The lowest BCUT2D eigenvalue weighted by atomic mass is 9.54. The van der Waals surface area contributed by atoms with E-state index in [1.807, 2.05) is 25.1 Å². The van der Waals surface area contributed by atoms with Crippen molar-refractivity contribution in [3.05, 3.63) is 58.9 Å². The third-order valence-corrected chi connectivity index (χ3v) is 11.6. The van der Waals surface area contributed by atoms with Gasteiger partial charge < -0.3 is 19.8 Å². The van der Waals surface area contributed by atoms with Crippen molar-refractivity contribution in [3.63, 3.8) is 0 Å². The highest BCUT2D eigenvalue weighted by Gasteiger charge is 2.73. The zero-order chi connectivity index (χ0) is 26.0. The Morgan fingerprint density at radius 2 is 1.92 bits per heavy atom. The Morgan fingerprint density at radius 1 is 1.11 bits per heavy atom.